The van der Waals surface area contributed by atoms with Gasteiger partial charge in [-0.3, -0.25) is 4.79 Å². The van der Waals surface area contributed by atoms with Gasteiger partial charge in [0.2, 0.25) is 0 Å². The summed E-state index contributed by atoms with van der Waals surface area (Å²) < 4.78 is 0.978. The van der Waals surface area contributed by atoms with Crippen LogP contribution in [0.15, 0.2) is 46.9 Å². The Morgan fingerprint density at radius 3 is 2.57 bits per heavy atom. The van der Waals surface area contributed by atoms with Crippen LogP contribution in [-0.4, -0.2) is 5.91 Å². The number of rotatable bonds is 3. The number of carbonyl (C=O) groups excluding carboxylic acids is 1. The number of amides is 1. The molecule has 1 aliphatic rings. The quantitative estimate of drug-likeness (QED) is 0.877. The summed E-state index contributed by atoms with van der Waals surface area (Å²) >= 11 is 3.38. The molecule has 2 nitrogen and oxygen atoms in total. The van der Waals surface area contributed by atoms with Gasteiger partial charge in [0.05, 0.1) is 6.04 Å². The van der Waals surface area contributed by atoms with Crippen LogP contribution < -0.4 is 5.32 Å². The van der Waals surface area contributed by atoms with Crippen molar-refractivity contribution in [3.8, 4) is 0 Å². The van der Waals surface area contributed by atoms with E-state index < -0.39 is 0 Å². The highest BCUT2D eigenvalue weighted by Gasteiger charge is 2.15. The van der Waals surface area contributed by atoms with Crippen molar-refractivity contribution in [3.05, 3.63) is 69.2 Å². The zero-order valence-corrected chi connectivity index (χ0v) is 13.6. The maximum atomic E-state index is 12.2. The van der Waals surface area contributed by atoms with Gasteiger partial charge in [0.25, 0.3) is 5.91 Å². The van der Waals surface area contributed by atoms with Gasteiger partial charge in [0.1, 0.15) is 0 Å². The van der Waals surface area contributed by atoms with Gasteiger partial charge < -0.3 is 5.32 Å². The fraction of sp³-hybridized carbons (Fsp3) is 0.278. The number of benzene rings is 2. The van der Waals surface area contributed by atoms with Crippen LogP contribution in [0, 0.1) is 0 Å². The third-order valence-electron chi connectivity index (χ3n) is 4.08. The lowest BCUT2D eigenvalue weighted by Gasteiger charge is -2.15. The molecule has 0 bridgehead atoms. The standard InChI is InChI=1S/C18H18BrNO/c1-12(15-6-5-13-3-2-4-16(13)11-15)20-18(21)14-7-9-17(19)10-8-14/h5-12H,2-4H2,1H3,(H,20,21)/t12-/m1/s1. The first-order chi connectivity index (χ1) is 10.1. The van der Waals surface area contributed by atoms with Crippen LogP contribution in [0.1, 0.15) is 46.4 Å². The maximum absolute atomic E-state index is 12.2. The molecule has 0 heterocycles. The van der Waals surface area contributed by atoms with Gasteiger partial charge in [-0.1, -0.05) is 34.1 Å². The van der Waals surface area contributed by atoms with Gasteiger partial charge in [-0.2, -0.15) is 0 Å². The molecular weight excluding hydrogens is 326 g/mol. The predicted octanol–water partition coefficient (Wildman–Crippen LogP) is 4.43. The van der Waals surface area contributed by atoms with Gasteiger partial charge in [-0.05, 0) is 67.1 Å². The number of aryl methyl sites for hydroxylation is 2. The van der Waals surface area contributed by atoms with Gasteiger partial charge >= 0.3 is 0 Å². The molecule has 0 unspecified atom stereocenters. The van der Waals surface area contributed by atoms with Gasteiger partial charge in [0, 0.05) is 10.0 Å². The molecule has 1 amide bonds. The van der Waals surface area contributed by atoms with E-state index >= 15 is 0 Å². The Morgan fingerprint density at radius 2 is 1.81 bits per heavy atom. The highest BCUT2D eigenvalue weighted by molar-refractivity contribution is 9.10. The molecule has 0 fully saturated rings. The van der Waals surface area contributed by atoms with E-state index in [1.807, 2.05) is 31.2 Å². The summed E-state index contributed by atoms with van der Waals surface area (Å²) in [5.74, 6) is -0.0319. The molecule has 21 heavy (non-hydrogen) atoms. The van der Waals surface area contributed by atoms with Crippen LogP contribution in [-0.2, 0) is 12.8 Å². The predicted molar refractivity (Wildman–Crippen MR) is 88.5 cm³/mol. The van der Waals surface area contributed by atoms with Crippen molar-refractivity contribution in [3.63, 3.8) is 0 Å². The fourth-order valence-electron chi connectivity index (χ4n) is 2.83. The molecule has 2 aromatic carbocycles. The molecule has 1 atom stereocenters. The first kappa shape index (κ1) is 14.3. The number of carbonyl (C=O) groups is 1. The zero-order chi connectivity index (χ0) is 14.8. The van der Waals surface area contributed by atoms with E-state index in [2.05, 4.69) is 39.4 Å². The molecule has 0 spiro atoms. The molecule has 1 N–H and O–H groups in total. The Hall–Kier alpha value is -1.61. The van der Waals surface area contributed by atoms with Crippen LogP contribution in [0.25, 0.3) is 0 Å². The van der Waals surface area contributed by atoms with Gasteiger partial charge in [-0.25, -0.2) is 0 Å². The second-order valence-electron chi connectivity index (χ2n) is 5.58. The second-order valence-corrected chi connectivity index (χ2v) is 6.50. The van der Waals surface area contributed by atoms with Crippen molar-refractivity contribution in [2.24, 2.45) is 0 Å². The molecular formula is C18H18BrNO. The van der Waals surface area contributed by atoms with E-state index in [1.165, 1.54) is 29.5 Å². The fourth-order valence-corrected chi connectivity index (χ4v) is 3.09. The van der Waals surface area contributed by atoms with E-state index in [0.717, 1.165) is 10.9 Å². The van der Waals surface area contributed by atoms with E-state index in [0.29, 0.717) is 5.56 Å². The molecule has 0 saturated carbocycles. The van der Waals surface area contributed by atoms with Crippen LogP contribution in [0.4, 0.5) is 0 Å². The number of fused-ring (bicyclic) bond motifs is 1. The summed E-state index contributed by atoms with van der Waals surface area (Å²) in [5.41, 5.74) is 4.77. The summed E-state index contributed by atoms with van der Waals surface area (Å²) in [4.78, 5) is 12.2. The lowest BCUT2D eigenvalue weighted by molar-refractivity contribution is 0.0940. The summed E-state index contributed by atoms with van der Waals surface area (Å²) in [6.07, 6.45) is 3.60. The van der Waals surface area contributed by atoms with Gasteiger partial charge in [0.15, 0.2) is 0 Å². The van der Waals surface area contributed by atoms with Crippen LogP contribution in [0.5, 0.6) is 0 Å². The monoisotopic (exact) mass is 343 g/mol. The second kappa shape index (κ2) is 6.02. The summed E-state index contributed by atoms with van der Waals surface area (Å²) in [6.45, 7) is 2.04. The number of hydrogen-bond acceptors (Lipinski definition) is 1. The topological polar surface area (TPSA) is 29.1 Å². The zero-order valence-electron chi connectivity index (χ0n) is 12.0. The first-order valence-electron chi connectivity index (χ1n) is 7.31. The highest BCUT2D eigenvalue weighted by Crippen LogP contribution is 2.25. The van der Waals surface area contributed by atoms with Gasteiger partial charge in [-0.15, -0.1) is 0 Å². The van der Waals surface area contributed by atoms with Crippen LogP contribution in [0.2, 0.25) is 0 Å². The maximum Gasteiger partial charge on any atom is 0.251 e. The SMILES string of the molecule is C[C@@H](NC(=O)c1ccc(Br)cc1)c1ccc2c(c1)CCC2. The Labute approximate surface area is 133 Å². The smallest absolute Gasteiger partial charge is 0.251 e. The largest absolute Gasteiger partial charge is 0.346 e. The van der Waals surface area contributed by atoms with Crippen molar-refractivity contribution < 1.29 is 4.79 Å². The van der Waals surface area contributed by atoms with E-state index in [4.69, 9.17) is 0 Å². The van der Waals surface area contributed by atoms with Crippen LogP contribution in [0.3, 0.4) is 0 Å². The van der Waals surface area contributed by atoms with Crippen LogP contribution >= 0.6 is 15.9 Å². The molecule has 0 aromatic heterocycles. The van der Waals surface area contributed by atoms with Crippen molar-refractivity contribution in [2.45, 2.75) is 32.2 Å². The molecule has 3 rings (SSSR count). The molecule has 108 valence electrons. The Balaban J connectivity index is 1.72. The minimum absolute atomic E-state index is 0.0204. The Bertz CT molecular complexity index is 663. The summed E-state index contributed by atoms with van der Waals surface area (Å²) in [6, 6.07) is 14.0. The van der Waals surface area contributed by atoms with E-state index in [9.17, 15) is 4.79 Å². The first-order valence-corrected chi connectivity index (χ1v) is 8.11. The molecule has 2 aromatic rings. The highest BCUT2D eigenvalue weighted by atomic mass is 79.9. The average Bonchev–Trinajstić information content (AvgIpc) is 2.95. The molecule has 3 heteroatoms. The van der Waals surface area contributed by atoms with Crippen molar-refractivity contribution in [1.29, 1.82) is 0 Å². The number of hydrogen-bond donors (Lipinski definition) is 1. The summed E-state index contributed by atoms with van der Waals surface area (Å²) in [7, 11) is 0. The molecule has 0 radical (unpaired) electrons. The minimum atomic E-state index is -0.0319. The van der Waals surface area contributed by atoms with Crippen molar-refractivity contribution in [1.82, 2.24) is 5.32 Å². The van der Waals surface area contributed by atoms with Crippen molar-refractivity contribution >= 4 is 21.8 Å². The number of nitrogens with one attached hydrogen (secondary N) is 1. The summed E-state index contributed by atoms with van der Waals surface area (Å²) in [5, 5.41) is 3.07. The molecule has 0 saturated heterocycles. The number of halogens is 1. The van der Waals surface area contributed by atoms with Crippen molar-refractivity contribution in [2.75, 3.05) is 0 Å². The Morgan fingerprint density at radius 1 is 1.10 bits per heavy atom. The molecule has 1 aliphatic carbocycles. The van der Waals surface area contributed by atoms with E-state index in [-0.39, 0.29) is 11.9 Å². The lowest BCUT2D eigenvalue weighted by atomic mass is 10.0. The minimum Gasteiger partial charge on any atom is -0.346 e. The molecule has 0 aliphatic heterocycles. The lowest BCUT2D eigenvalue weighted by Crippen LogP contribution is -2.26. The Kier molecular flexibility index (Phi) is 4.11. The third-order valence-corrected chi connectivity index (χ3v) is 4.61. The average molecular weight is 344 g/mol. The van der Waals surface area contributed by atoms with E-state index in [1.54, 1.807) is 0 Å². The normalized spacial score (nSPS) is 14.6. The third kappa shape index (κ3) is 3.18.